The van der Waals surface area contributed by atoms with E-state index in [0.717, 1.165) is 6.07 Å². The molecule has 3 aromatic rings. The zero-order valence-electron chi connectivity index (χ0n) is 14.3. The van der Waals surface area contributed by atoms with Gasteiger partial charge in [0.2, 0.25) is 0 Å². The van der Waals surface area contributed by atoms with Crippen LogP contribution in [-0.2, 0) is 12.4 Å². The molecular formula is C17H14F6N4O. The molecule has 0 saturated heterocycles. The predicted octanol–water partition coefficient (Wildman–Crippen LogP) is 4.45. The van der Waals surface area contributed by atoms with E-state index >= 15 is 0 Å². The number of alkyl halides is 6. The van der Waals surface area contributed by atoms with E-state index in [1.54, 1.807) is 13.0 Å². The number of H-pyrrole nitrogens is 1. The third-order valence-electron chi connectivity index (χ3n) is 4.01. The van der Waals surface area contributed by atoms with E-state index in [0.29, 0.717) is 23.6 Å². The first-order valence-corrected chi connectivity index (χ1v) is 7.99. The number of rotatable bonds is 4. The van der Waals surface area contributed by atoms with Crippen LogP contribution in [0.15, 0.2) is 30.3 Å². The smallest absolute Gasteiger partial charge is 0.387 e. The van der Waals surface area contributed by atoms with Gasteiger partial charge in [-0.05, 0) is 24.6 Å². The summed E-state index contributed by atoms with van der Waals surface area (Å²) in [6.07, 6.45) is -11.4. The summed E-state index contributed by atoms with van der Waals surface area (Å²) in [5, 5.41) is 19.4. The Morgan fingerprint density at radius 3 is 2.39 bits per heavy atom. The number of aliphatic hydroxyl groups is 1. The highest BCUT2D eigenvalue weighted by Crippen LogP contribution is 2.38. The minimum Gasteiger partial charge on any atom is -0.387 e. The molecule has 1 aromatic carbocycles. The largest absolute Gasteiger partial charge is 0.433 e. The van der Waals surface area contributed by atoms with Crippen LogP contribution in [0.25, 0.3) is 10.9 Å². The standard InChI is InChI=1S/C17H14F6N4O/c1-8-5-14(27-26-8)24-7-12(28)10-6-13(17(21,22)23)25-15-9(10)3-2-4-11(15)16(18,19)20/h2-6,12,28H,7H2,1H3,(H2,24,26,27). The molecule has 2 heterocycles. The number of pyridine rings is 1. The van der Waals surface area contributed by atoms with E-state index in [1.807, 2.05) is 0 Å². The van der Waals surface area contributed by atoms with Crippen molar-refractivity contribution in [3.05, 3.63) is 52.8 Å². The third kappa shape index (κ3) is 4.03. The lowest BCUT2D eigenvalue weighted by Gasteiger charge is -2.18. The summed E-state index contributed by atoms with van der Waals surface area (Å²) < 4.78 is 79.3. The number of nitrogens with zero attached hydrogens (tertiary/aromatic N) is 2. The number of anilines is 1. The predicted molar refractivity (Wildman–Crippen MR) is 88.5 cm³/mol. The molecule has 150 valence electrons. The van der Waals surface area contributed by atoms with Gasteiger partial charge in [0.05, 0.1) is 17.2 Å². The third-order valence-corrected chi connectivity index (χ3v) is 4.01. The maximum atomic E-state index is 13.2. The molecule has 0 aliphatic carbocycles. The Labute approximate surface area is 154 Å². The van der Waals surface area contributed by atoms with Crippen LogP contribution in [0, 0.1) is 6.92 Å². The fourth-order valence-electron chi connectivity index (χ4n) is 2.74. The zero-order chi connectivity index (χ0) is 20.7. The Balaban J connectivity index is 2.09. The molecule has 0 radical (unpaired) electrons. The van der Waals surface area contributed by atoms with Gasteiger partial charge in [-0.15, -0.1) is 0 Å². The number of benzene rings is 1. The van der Waals surface area contributed by atoms with Gasteiger partial charge in [0, 0.05) is 23.7 Å². The Bertz CT molecular complexity index is 995. The minimum atomic E-state index is -4.98. The molecule has 0 amide bonds. The van der Waals surface area contributed by atoms with Crippen LogP contribution in [0.5, 0.6) is 0 Å². The topological polar surface area (TPSA) is 73.8 Å². The van der Waals surface area contributed by atoms with Crippen molar-refractivity contribution in [3.8, 4) is 0 Å². The van der Waals surface area contributed by atoms with Crippen LogP contribution in [0.1, 0.15) is 28.6 Å². The monoisotopic (exact) mass is 404 g/mol. The maximum Gasteiger partial charge on any atom is 0.433 e. The van der Waals surface area contributed by atoms with E-state index in [-0.39, 0.29) is 17.5 Å². The van der Waals surface area contributed by atoms with Crippen molar-refractivity contribution in [1.82, 2.24) is 15.2 Å². The second-order valence-corrected chi connectivity index (χ2v) is 6.13. The average Bonchev–Trinajstić information content (AvgIpc) is 3.01. The lowest BCUT2D eigenvalue weighted by Crippen LogP contribution is -2.17. The number of aromatic amines is 1. The second kappa shape index (κ2) is 6.97. The van der Waals surface area contributed by atoms with E-state index in [1.165, 1.54) is 6.07 Å². The second-order valence-electron chi connectivity index (χ2n) is 6.13. The van der Waals surface area contributed by atoms with Crippen LogP contribution in [0.3, 0.4) is 0 Å². The van der Waals surface area contributed by atoms with E-state index in [2.05, 4.69) is 20.5 Å². The van der Waals surface area contributed by atoms with Gasteiger partial charge in [0.15, 0.2) is 0 Å². The highest BCUT2D eigenvalue weighted by molar-refractivity contribution is 5.86. The van der Waals surface area contributed by atoms with Gasteiger partial charge >= 0.3 is 12.4 Å². The highest BCUT2D eigenvalue weighted by atomic mass is 19.4. The zero-order valence-corrected chi connectivity index (χ0v) is 14.3. The van der Waals surface area contributed by atoms with Crippen molar-refractivity contribution in [2.24, 2.45) is 0 Å². The number of hydrogen-bond acceptors (Lipinski definition) is 4. The molecule has 0 bridgehead atoms. The number of nitrogens with one attached hydrogen (secondary N) is 2. The van der Waals surface area contributed by atoms with Crippen LogP contribution >= 0.6 is 0 Å². The van der Waals surface area contributed by atoms with Crippen LogP contribution in [0.4, 0.5) is 32.2 Å². The first kappa shape index (κ1) is 19.9. The van der Waals surface area contributed by atoms with Gasteiger partial charge in [-0.1, -0.05) is 12.1 Å². The Morgan fingerprint density at radius 2 is 1.82 bits per heavy atom. The summed E-state index contributed by atoms with van der Waals surface area (Å²) in [5.74, 6) is 0.335. The fraction of sp³-hybridized carbons (Fsp3) is 0.294. The molecule has 0 spiro atoms. The normalized spacial score (nSPS) is 13.7. The van der Waals surface area contributed by atoms with Crippen molar-refractivity contribution in [2.45, 2.75) is 25.4 Å². The number of fused-ring (bicyclic) bond motifs is 1. The molecule has 0 aliphatic heterocycles. The highest BCUT2D eigenvalue weighted by Gasteiger charge is 2.37. The summed E-state index contributed by atoms with van der Waals surface area (Å²) in [4.78, 5) is 3.18. The van der Waals surface area contributed by atoms with Gasteiger partial charge in [0.1, 0.15) is 11.5 Å². The van der Waals surface area contributed by atoms with Gasteiger partial charge in [-0.2, -0.15) is 31.4 Å². The maximum absolute atomic E-state index is 13.2. The van der Waals surface area contributed by atoms with Crippen molar-refractivity contribution in [3.63, 3.8) is 0 Å². The summed E-state index contributed by atoms with van der Waals surface area (Å²) >= 11 is 0. The first-order valence-electron chi connectivity index (χ1n) is 7.99. The Hall–Kier alpha value is -2.82. The molecule has 1 unspecified atom stereocenters. The van der Waals surface area contributed by atoms with Crippen molar-refractivity contribution >= 4 is 16.7 Å². The molecule has 0 fully saturated rings. The Kier molecular flexibility index (Phi) is 4.96. The number of aromatic nitrogens is 3. The molecule has 2 aromatic heterocycles. The first-order chi connectivity index (χ1) is 13.0. The fourth-order valence-corrected chi connectivity index (χ4v) is 2.74. The van der Waals surface area contributed by atoms with Gasteiger partial charge in [-0.3, -0.25) is 5.10 Å². The van der Waals surface area contributed by atoms with Crippen LogP contribution in [0.2, 0.25) is 0 Å². The molecule has 5 nitrogen and oxygen atoms in total. The quantitative estimate of drug-likeness (QED) is 0.562. The molecule has 3 rings (SSSR count). The molecule has 3 N–H and O–H groups in total. The lowest BCUT2D eigenvalue weighted by molar-refractivity contribution is -0.142. The molecular weight excluding hydrogens is 390 g/mol. The van der Waals surface area contributed by atoms with E-state index < -0.39 is 35.2 Å². The lowest BCUT2D eigenvalue weighted by atomic mass is 9.99. The van der Waals surface area contributed by atoms with Crippen molar-refractivity contribution in [1.29, 1.82) is 0 Å². The number of halogens is 6. The summed E-state index contributed by atoms with van der Waals surface area (Å²) in [6, 6.07) is 5.05. The summed E-state index contributed by atoms with van der Waals surface area (Å²) in [7, 11) is 0. The molecule has 0 aliphatic rings. The van der Waals surface area contributed by atoms with E-state index in [9.17, 15) is 31.4 Å². The number of para-hydroxylation sites is 1. The number of aliphatic hydroxyl groups excluding tert-OH is 1. The molecule has 28 heavy (non-hydrogen) atoms. The average molecular weight is 404 g/mol. The molecule has 1 atom stereocenters. The molecule has 11 heteroatoms. The van der Waals surface area contributed by atoms with Crippen LogP contribution < -0.4 is 5.32 Å². The van der Waals surface area contributed by atoms with E-state index in [4.69, 9.17) is 0 Å². The van der Waals surface area contributed by atoms with Crippen molar-refractivity contribution in [2.75, 3.05) is 11.9 Å². The van der Waals surface area contributed by atoms with Gasteiger partial charge in [0.25, 0.3) is 0 Å². The minimum absolute atomic E-state index is 0.213. The molecule has 0 saturated carbocycles. The number of hydrogen-bond donors (Lipinski definition) is 3. The summed E-state index contributed by atoms with van der Waals surface area (Å²) in [6.45, 7) is 1.45. The van der Waals surface area contributed by atoms with Crippen molar-refractivity contribution < 1.29 is 31.4 Å². The SMILES string of the molecule is Cc1cc(NCC(O)c2cc(C(F)(F)F)nc3c(C(F)(F)F)cccc23)n[nH]1. The van der Waals surface area contributed by atoms with Gasteiger partial charge in [-0.25, -0.2) is 4.98 Å². The van der Waals surface area contributed by atoms with Gasteiger partial charge < -0.3 is 10.4 Å². The summed E-state index contributed by atoms with van der Waals surface area (Å²) in [5.41, 5.74) is -3.29. The van der Waals surface area contributed by atoms with Crippen LogP contribution in [-0.4, -0.2) is 26.8 Å². The Morgan fingerprint density at radius 1 is 1.11 bits per heavy atom. The number of aryl methyl sites for hydroxylation is 1.